The van der Waals surface area contributed by atoms with E-state index in [0.29, 0.717) is 24.8 Å². The molecule has 0 aliphatic carbocycles. The highest BCUT2D eigenvalue weighted by Crippen LogP contribution is 2.16. The third kappa shape index (κ3) is 4.81. The van der Waals surface area contributed by atoms with Gasteiger partial charge >= 0.3 is 0 Å². The van der Waals surface area contributed by atoms with Crippen molar-refractivity contribution in [1.82, 2.24) is 15.0 Å². The van der Waals surface area contributed by atoms with Gasteiger partial charge in [0.15, 0.2) is 0 Å². The molecule has 0 fully saturated rings. The molecule has 6 nitrogen and oxygen atoms in total. The predicted octanol–water partition coefficient (Wildman–Crippen LogP) is 2.21. The lowest BCUT2D eigenvalue weighted by molar-refractivity contribution is 0.210. The van der Waals surface area contributed by atoms with Crippen LogP contribution >= 0.6 is 0 Å². The third-order valence-corrected chi connectivity index (χ3v) is 2.32. The molecule has 3 N–H and O–H groups in total. The maximum Gasteiger partial charge on any atom is 0.222 e. The molecule has 0 aromatic carbocycles. The summed E-state index contributed by atoms with van der Waals surface area (Å²) in [5.74, 6) is 0.575. The molecule has 20 heavy (non-hydrogen) atoms. The van der Waals surface area contributed by atoms with Crippen molar-refractivity contribution in [2.45, 2.75) is 13.8 Å². The molecule has 0 aliphatic rings. The van der Waals surface area contributed by atoms with E-state index >= 15 is 0 Å². The monoisotopic (exact) mass is 275 g/mol. The van der Waals surface area contributed by atoms with Crippen LogP contribution in [-0.4, -0.2) is 35.2 Å². The lowest BCUT2D eigenvalue weighted by Gasteiger charge is -2.04. The molecule has 0 spiro atoms. The van der Waals surface area contributed by atoms with E-state index in [-0.39, 0.29) is 0 Å². The number of methoxy groups -OCH3 is 1. The van der Waals surface area contributed by atoms with Crippen LogP contribution in [-0.2, 0) is 4.74 Å². The molecule has 0 atom stereocenters. The SMILES string of the molecule is CC.COCCNc1ncc(-c2ccc(N)cn2)cn1. The van der Waals surface area contributed by atoms with Crippen LogP contribution < -0.4 is 11.1 Å². The third-order valence-electron chi connectivity index (χ3n) is 2.32. The van der Waals surface area contributed by atoms with Crippen LogP contribution in [0.2, 0.25) is 0 Å². The summed E-state index contributed by atoms with van der Waals surface area (Å²) in [5.41, 5.74) is 7.87. The number of nitrogens with one attached hydrogen (secondary N) is 1. The molecule has 2 aromatic rings. The second-order valence-electron chi connectivity index (χ2n) is 3.69. The number of rotatable bonds is 5. The molecular weight excluding hydrogens is 254 g/mol. The zero-order valence-corrected chi connectivity index (χ0v) is 12.1. The highest BCUT2D eigenvalue weighted by Gasteiger charge is 2.01. The summed E-state index contributed by atoms with van der Waals surface area (Å²) in [6.45, 7) is 5.29. The predicted molar refractivity (Wildman–Crippen MR) is 81.4 cm³/mol. The van der Waals surface area contributed by atoms with Gasteiger partial charge in [-0.2, -0.15) is 0 Å². The first-order chi connectivity index (χ1) is 9.79. The van der Waals surface area contributed by atoms with Crippen LogP contribution in [0.1, 0.15) is 13.8 Å². The molecular formula is C14H21N5O. The van der Waals surface area contributed by atoms with E-state index in [1.54, 1.807) is 31.8 Å². The molecule has 0 amide bonds. The van der Waals surface area contributed by atoms with Gasteiger partial charge in [-0.25, -0.2) is 9.97 Å². The van der Waals surface area contributed by atoms with Crippen molar-refractivity contribution in [2.75, 3.05) is 31.3 Å². The highest BCUT2D eigenvalue weighted by atomic mass is 16.5. The van der Waals surface area contributed by atoms with Gasteiger partial charge in [0, 0.05) is 31.6 Å². The lowest BCUT2D eigenvalue weighted by atomic mass is 10.2. The van der Waals surface area contributed by atoms with Crippen molar-refractivity contribution in [2.24, 2.45) is 0 Å². The maximum absolute atomic E-state index is 5.58. The second kappa shape index (κ2) is 8.82. The van der Waals surface area contributed by atoms with Gasteiger partial charge in [0.25, 0.3) is 0 Å². The van der Waals surface area contributed by atoms with Gasteiger partial charge in [-0.1, -0.05) is 13.8 Å². The minimum atomic E-state index is 0.575. The van der Waals surface area contributed by atoms with E-state index in [1.165, 1.54) is 0 Å². The number of anilines is 2. The van der Waals surface area contributed by atoms with Crippen LogP contribution in [0, 0.1) is 0 Å². The Morgan fingerprint density at radius 1 is 1.10 bits per heavy atom. The van der Waals surface area contributed by atoms with Gasteiger partial charge in [0.2, 0.25) is 5.95 Å². The summed E-state index contributed by atoms with van der Waals surface area (Å²) < 4.78 is 4.93. The van der Waals surface area contributed by atoms with Crippen molar-refractivity contribution < 1.29 is 4.74 Å². The van der Waals surface area contributed by atoms with Crippen molar-refractivity contribution >= 4 is 11.6 Å². The van der Waals surface area contributed by atoms with E-state index in [4.69, 9.17) is 10.5 Å². The Balaban J connectivity index is 0.000000956. The van der Waals surface area contributed by atoms with Crippen molar-refractivity contribution in [3.05, 3.63) is 30.7 Å². The summed E-state index contributed by atoms with van der Waals surface area (Å²) >= 11 is 0. The molecule has 2 rings (SSSR count). The summed E-state index contributed by atoms with van der Waals surface area (Å²) in [7, 11) is 1.65. The topological polar surface area (TPSA) is 86.0 Å². The summed E-state index contributed by atoms with van der Waals surface area (Å²) in [6.07, 6.45) is 5.06. The van der Waals surface area contributed by atoms with Gasteiger partial charge in [0.1, 0.15) is 0 Å². The Bertz CT molecular complexity index is 484. The summed E-state index contributed by atoms with van der Waals surface area (Å²) in [4.78, 5) is 12.6. The number of pyridine rings is 1. The van der Waals surface area contributed by atoms with E-state index in [0.717, 1.165) is 11.3 Å². The van der Waals surface area contributed by atoms with E-state index in [1.807, 2.05) is 19.9 Å². The fourth-order valence-electron chi connectivity index (χ4n) is 1.39. The minimum absolute atomic E-state index is 0.575. The zero-order valence-electron chi connectivity index (χ0n) is 12.1. The zero-order chi connectivity index (χ0) is 14.8. The molecule has 2 aromatic heterocycles. The molecule has 0 unspecified atom stereocenters. The van der Waals surface area contributed by atoms with Crippen molar-refractivity contribution in [3.63, 3.8) is 0 Å². The molecule has 0 radical (unpaired) electrons. The highest BCUT2D eigenvalue weighted by molar-refractivity contribution is 5.59. The van der Waals surface area contributed by atoms with Gasteiger partial charge in [-0.15, -0.1) is 0 Å². The smallest absolute Gasteiger partial charge is 0.222 e. The number of nitrogens with two attached hydrogens (primary N) is 1. The van der Waals surface area contributed by atoms with Gasteiger partial charge in [0.05, 0.1) is 24.2 Å². The van der Waals surface area contributed by atoms with Crippen molar-refractivity contribution in [3.8, 4) is 11.3 Å². The Labute approximate surface area is 119 Å². The number of nitrogen functional groups attached to an aromatic ring is 1. The number of hydrogen-bond donors (Lipinski definition) is 2. The van der Waals surface area contributed by atoms with E-state index in [9.17, 15) is 0 Å². The number of hydrogen-bond acceptors (Lipinski definition) is 6. The van der Waals surface area contributed by atoms with E-state index in [2.05, 4.69) is 20.3 Å². The average Bonchev–Trinajstić information content (AvgIpc) is 2.51. The Morgan fingerprint density at radius 2 is 1.80 bits per heavy atom. The fourth-order valence-corrected chi connectivity index (χ4v) is 1.39. The van der Waals surface area contributed by atoms with Crippen LogP contribution in [0.15, 0.2) is 30.7 Å². The minimum Gasteiger partial charge on any atom is -0.397 e. The average molecular weight is 275 g/mol. The molecule has 0 bridgehead atoms. The van der Waals surface area contributed by atoms with Crippen molar-refractivity contribution in [1.29, 1.82) is 0 Å². The number of nitrogens with zero attached hydrogens (tertiary/aromatic N) is 3. The molecule has 0 aliphatic heterocycles. The first-order valence-electron chi connectivity index (χ1n) is 6.56. The van der Waals surface area contributed by atoms with Gasteiger partial charge in [-0.05, 0) is 12.1 Å². The van der Waals surface area contributed by atoms with Crippen LogP contribution in [0.3, 0.4) is 0 Å². The first-order valence-corrected chi connectivity index (χ1v) is 6.56. The Hall–Kier alpha value is -2.21. The lowest BCUT2D eigenvalue weighted by Crippen LogP contribution is -2.09. The van der Waals surface area contributed by atoms with Gasteiger partial charge in [-0.3, -0.25) is 4.98 Å². The molecule has 0 saturated carbocycles. The molecule has 108 valence electrons. The quantitative estimate of drug-likeness (QED) is 0.814. The van der Waals surface area contributed by atoms with Gasteiger partial charge < -0.3 is 15.8 Å². The van der Waals surface area contributed by atoms with Crippen LogP contribution in [0.4, 0.5) is 11.6 Å². The summed E-state index contributed by atoms with van der Waals surface area (Å²) in [5, 5.41) is 3.05. The molecule has 2 heterocycles. The Morgan fingerprint density at radius 3 is 2.35 bits per heavy atom. The van der Waals surface area contributed by atoms with Crippen LogP contribution in [0.25, 0.3) is 11.3 Å². The second-order valence-corrected chi connectivity index (χ2v) is 3.69. The summed E-state index contributed by atoms with van der Waals surface area (Å²) in [6, 6.07) is 3.64. The number of ether oxygens (including phenoxy) is 1. The molecule has 6 heteroatoms. The standard InChI is InChI=1S/C12H15N5O.C2H6/c1-18-5-4-14-12-16-6-9(7-17-12)11-3-2-10(13)8-15-11;1-2/h2-3,6-8H,4-5,13H2,1H3,(H,14,16,17);1-2H3. The first kappa shape index (κ1) is 15.8. The fraction of sp³-hybridized carbons (Fsp3) is 0.357. The van der Waals surface area contributed by atoms with E-state index < -0.39 is 0 Å². The largest absolute Gasteiger partial charge is 0.397 e. The van der Waals surface area contributed by atoms with Crippen LogP contribution in [0.5, 0.6) is 0 Å². The molecule has 0 saturated heterocycles. The number of aromatic nitrogens is 3. The maximum atomic E-state index is 5.58. The Kier molecular flexibility index (Phi) is 6.99. The normalized spacial score (nSPS) is 9.55.